The van der Waals surface area contributed by atoms with Gasteiger partial charge in [0.05, 0.1) is 0 Å². The van der Waals surface area contributed by atoms with Crippen LogP contribution in [0.5, 0.6) is 0 Å². The predicted molar refractivity (Wildman–Crippen MR) is 64.6 cm³/mol. The van der Waals surface area contributed by atoms with Crippen LogP contribution in [0.25, 0.3) is 0 Å². The Kier molecular flexibility index (Phi) is 5.46. The lowest BCUT2D eigenvalue weighted by atomic mass is 10.1. The quantitative estimate of drug-likeness (QED) is 0.662. The van der Waals surface area contributed by atoms with Crippen LogP contribution >= 0.6 is 0 Å². The minimum absolute atomic E-state index is 0.0679. The zero-order valence-electron chi connectivity index (χ0n) is 10.1. The highest BCUT2D eigenvalue weighted by atomic mass is 16.4. The third-order valence-corrected chi connectivity index (χ3v) is 2.43. The van der Waals surface area contributed by atoms with Crippen molar-refractivity contribution in [3.8, 4) is 0 Å². The van der Waals surface area contributed by atoms with Gasteiger partial charge in [-0.3, -0.25) is 14.6 Å². The molecule has 0 saturated carbocycles. The normalized spacial score (nSPS) is 11.6. The predicted octanol–water partition coefficient (Wildman–Crippen LogP) is 0.520. The first-order valence-electron chi connectivity index (χ1n) is 5.66. The molecule has 0 bridgehead atoms. The number of hydrogen-bond acceptors (Lipinski definition) is 4. The zero-order chi connectivity index (χ0) is 14.3. The highest BCUT2D eigenvalue weighted by Gasteiger charge is 2.20. The van der Waals surface area contributed by atoms with Crippen molar-refractivity contribution in [2.45, 2.75) is 25.3 Å². The molecule has 1 amide bonds. The second kappa shape index (κ2) is 7.10. The first-order valence-corrected chi connectivity index (χ1v) is 5.66. The van der Waals surface area contributed by atoms with Crippen molar-refractivity contribution in [2.75, 3.05) is 0 Å². The van der Waals surface area contributed by atoms with Crippen LogP contribution in [0.4, 0.5) is 0 Å². The molecule has 7 heteroatoms. The van der Waals surface area contributed by atoms with Gasteiger partial charge in [0.15, 0.2) is 0 Å². The number of aliphatic carboxylic acids is 2. The van der Waals surface area contributed by atoms with E-state index in [1.165, 1.54) is 24.5 Å². The third kappa shape index (κ3) is 5.15. The monoisotopic (exact) mass is 266 g/mol. The molecule has 0 aliphatic carbocycles. The van der Waals surface area contributed by atoms with Gasteiger partial charge in [0.2, 0.25) is 0 Å². The number of aromatic nitrogens is 1. The Hall–Kier alpha value is -2.44. The molecule has 3 N–H and O–H groups in total. The van der Waals surface area contributed by atoms with Gasteiger partial charge < -0.3 is 15.5 Å². The van der Waals surface area contributed by atoms with Crippen LogP contribution in [-0.2, 0) is 9.59 Å². The molecule has 1 aromatic rings. The average molecular weight is 266 g/mol. The average Bonchev–Trinajstić information content (AvgIpc) is 2.37. The van der Waals surface area contributed by atoms with E-state index in [-0.39, 0.29) is 19.3 Å². The number of nitrogens with zero attached hydrogens (tertiary/aromatic N) is 1. The number of carboxylic acids is 2. The van der Waals surface area contributed by atoms with E-state index in [4.69, 9.17) is 10.2 Å². The molecular weight excluding hydrogens is 252 g/mol. The summed E-state index contributed by atoms with van der Waals surface area (Å²) in [6.07, 6.45) is 2.97. The smallest absolute Gasteiger partial charge is 0.326 e. The Balaban J connectivity index is 2.56. The van der Waals surface area contributed by atoms with Gasteiger partial charge in [0, 0.05) is 24.4 Å². The minimum Gasteiger partial charge on any atom is -0.481 e. The summed E-state index contributed by atoms with van der Waals surface area (Å²) in [5, 5.41) is 19.8. The van der Waals surface area contributed by atoms with Crippen molar-refractivity contribution >= 4 is 17.8 Å². The van der Waals surface area contributed by atoms with E-state index in [0.29, 0.717) is 5.56 Å². The summed E-state index contributed by atoms with van der Waals surface area (Å²) in [6.45, 7) is 0. The van der Waals surface area contributed by atoms with Gasteiger partial charge in [-0.25, -0.2) is 4.79 Å². The van der Waals surface area contributed by atoms with Crippen LogP contribution in [0.15, 0.2) is 24.5 Å². The van der Waals surface area contributed by atoms with Crippen molar-refractivity contribution in [1.82, 2.24) is 10.3 Å². The van der Waals surface area contributed by atoms with Gasteiger partial charge in [-0.15, -0.1) is 0 Å². The number of amides is 1. The van der Waals surface area contributed by atoms with E-state index in [2.05, 4.69) is 10.3 Å². The van der Waals surface area contributed by atoms with Crippen LogP contribution in [0.2, 0.25) is 0 Å². The van der Waals surface area contributed by atoms with E-state index >= 15 is 0 Å². The van der Waals surface area contributed by atoms with Crippen molar-refractivity contribution in [3.05, 3.63) is 30.1 Å². The van der Waals surface area contributed by atoms with E-state index in [9.17, 15) is 14.4 Å². The lowest BCUT2D eigenvalue weighted by molar-refractivity contribution is -0.140. The Morgan fingerprint density at radius 1 is 1.21 bits per heavy atom. The maximum atomic E-state index is 11.7. The second-order valence-corrected chi connectivity index (χ2v) is 3.89. The first-order chi connectivity index (χ1) is 9.00. The molecule has 0 radical (unpaired) electrons. The van der Waals surface area contributed by atoms with Crippen LogP contribution < -0.4 is 5.32 Å². The van der Waals surface area contributed by atoms with Crippen LogP contribution in [0, 0.1) is 0 Å². The van der Waals surface area contributed by atoms with Crippen molar-refractivity contribution in [2.24, 2.45) is 0 Å². The largest absolute Gasteiger partial charge is 0.481 e. The number of rotatable bonds is 7. The second-order valence-electron chi connectivity index (χ2n) is 3.89. The Bertz CT molecular complexity index is 460. The van der Waals surface area contributed by atoms with Gasteiger partial charge in [0.1, 0.15) is 6.04 Å². The summed E-state index contributed by atoms with van der Waals surface area (Å²) >= 11 is 0. The molecule has 7 nitrogen and oxygen atoms in total. The molecule has 0 spiro atoms. The molecule has 0 fully saturated rings. The van der Waals surface area contributed by atoms with Gasteiger partial charge in [-0.1, -0.05) is 0 Å². The summed E-state index contributed by atoms with van der Waals surface area (Å²) in [6, 6.07) is 1.83. The maximum Gasteiger partial charge on any atom is 0.326 e. The van der Waals surface area contributed by atoms with E-state index in [0.717, 1.165) is 0 Å². The number of carbonyl (C=O) groups is 3. The van der Waals surface area contributed by atoms with E-state index in [1.807, 2.05) is 0 Å². The first kappa shape index (κ1) is 14.6. The van der Waals surface area contributed by atoms with Gasteiger partial charge in [-0.05, 0) is 25.0 Å². The number of nitrogens with one attached hydrogen (secondary N) is 1. The molecule has 19 heavy (non-hydrogen) atoms. The molecule has 0 saturated heterocycles. The molecule has 1 rings (SSSR count). The van der Waals surface area contributed by atoms with Crippen molar-refractivity contribution in [1.29, 1.82) is 0 Å². The lowest BCUT2D eigenvalue weighted by Gasteiger charge is -2.13. The fraction of sp³-hybridized carbons (Fsp3) is 0.333. The van der Waals surface area contributed by atoms with Crippen LogP contribution in [-0.4, -0.2) is 39.1 Å². The molecule has 0 aromatic carbocycles. The third-order valence-electron chi connectivity index (χ3n) is 2.43. The van der Waals surface area contributed by atoms with Gasteiger partial charge in [0.25, 0.3) is 5.91 Å². The summed E-state index contributed by atoms with van der Waals surface area (Å²) in [4.78, 5) is 36.8. The Labute approximate surface area is 109 Å². The Morgan fingerprint density at radius 2 is 1.84 bits per heavy atom. The zero-order valence-corrected chi connectivity index (χ0v) is 10.1. The number of hydrogen-bond donors (Lipinski definition) is 3. The van der Waals surface area contributed by atoms with Gasteiger partial charge in [-0.2, -0.15) is 0 Å². The number of pyridine rings is 1. The molecule has 1 aromatic heterocycles. The molecule has 1 unspecified atom stereocenters. The van der Waals surface area contributed by atoms with Crippen LogP contribution in [0.3, 0.4) is 0 Å². The summed E-state index contributed by atoms with van der Waals surface area (Å²) in [5.41, 5.74) is 0.305. The number of carboxylic acid groups (broad SMARTS) is 2. The summed E-state index contributed by atoms with van der Waals surface area (Å²) in [7, 11) is 0. The molecule has 0 aliphatic rings. The molecule has 102 valence electrons. The Morgan fingerprint density at radius 3 is 2.37 bits per heavy atom. The van der Waals surface area contributed by atoms with Crippen molar-refractivity contribution in [3.63, 3.8) is 0 Å². The van der Waals surface area contributed by atoms with Crippen molar-refractivity contribution < 1.29 is 24.6 Å². The maximum absolute atomic E-state index is 11.7. The highest BCUT2D eigenvalue weighted by molar-refractivity contribution is 5.96. The fourth-order valence-corrected chi connectivity index (χ4v) is 1.46. The SMILES string of the molecule is O=C(O)CCCC(NC(=O)c1ccncc1)C(=O)O. The lowest BCUT2D eigenvalue weighted by Crippen LogP contribution is -2.40. The molecule has 0 aliphatic heterocycles. The highest BCUT2D eigenvalue weighted by Crippen LogP contribution is 2.04. The molecule has 1 heterocycles. The van der Waals surface area contributed by atoms with Gasteiger partial charge >= 0.3 is 11.9 Å². The topological polar surface area (TPSA) is 117 Å². The summed E-state index contributed by atoms with van der Waals surface area (Å²) in [5.74, 6) is -2.71. The minimum atomic E-state index is -1.19. The van der Waals surface area contributed by atoms with E-state index < -0.39 is 23.9 Å². The van der Waals surface area contributed by atoms with Crippen LogP contribution in [0.1, 0.15) is 29.6 Å². The standard InChI is InChI=1S/C12H14N2O5/c15-10(16)3-1-2-9(12(18)19)14-11(17)8-4-6-13-7-5-8/h4-7,9H,1-3H2,(H,14,17)(H,15,16)(H,18,19). The molecule has 1 atom stereocenters. The number of carbonyl (C=O) groups excluding carboxylic acids is 1. The van der Waals surface area contributed by atoms with E-state index in [1.54, 1.807) is 0 Å². The molecular formula is C12H14N2O5. The fourth-order valence-electron chi connectivity index (χ4n) is 1.46. The summed E-state index contributed by atoms with van der Waals surface area (Å²) < 4.78 is 0.